The quantitative estimate of drug-likeness (QED) is 0.605. The normalized spacial score (nSPS) is 9.86. The lowest BCUT2D eigenvalue weighted by Crippen LogP contribution is -2.35. The number of carbonyl (C=O) groups excluding carboxylic acids is 1. The van der Waals surface area contributed by atoms with Crippen molar-refractivity contribution in [3.8, 4) is 0 Å². The highest BCUT2D eigenvalue weighted by atomic mass is 19.1. The van der Waals surface area contributed by atoms with Crippen molar-refractivity contribution in [2.45, 2.75) is 6.54 Å². The summed E-state index contributed by atoms with van der Waals surface area (Å²) in [6.45, 7) is -0.330. The van der Waals surface area contributed by atoms with Crippen molar-refractivity contribution in [2.24, 2.45) is 0 Å². The third-order valence-corrected chi connectivity index (χ3v) is 1.56. The summed E-state index contributed by atoms with van der Waals surface area (Å²) in [6, 6.07) is 0. The molecular weight excluding hydrogens is 193 g/mol. The van der Waals surface area contributed by atoms with Gasteiger partial charge in [-0.25, -0.2) is 4.79 Å². The molecule has 1 heterocycles. The van der Waals surface area contributed by atoms with E-state index in [2.05, 4.69) is 5.32 Å². The number of likely N-dealkylation sites (N-methyl/N-ethyl adjacent to an activating group) is 1. The van der Waals surface area contributed by atoms with Crippen molar-refractivity contribution in [3.63, 3.8) is 0 Å². The molecule has 0 radical (unpaired) electrons. The number of amides is 1. The van der Waals surface area contributed by atoms with Gasteiger partial charge in [0.15, 0.2) is 0 Å². The van der Waals surface area contributed by atoms with E-state index in [0.29, 0.717) is 6.20 Å². The van der Waals surface area contributed by atoms with Crippen molar-refractivity contribution >= 4 is 5.91 Å². The number of nitrogens with zero attached hydrogens (tertiary/aromatic N) is 1. The zero-order valence-corrected chi connectivity index (χ0v) is 7.33. The summed E-state index contributed by atoms with van der Waals surface area (Å²) in [5.74, 6) is -1.56. The molecule has 0 aliphatic heterocycles. The molecule has 76 valence electrons. The Balaban J connectivity index is 3.11. The van der Waals surface area contributed by atoms with Crippen molar-refractivity contribution in [1.82, 2.24) is 14.9 Å². The maximum Gasteiger partial charge on any atom is 0.328 e. The predicted molar refractivity (Wildman–Crippen MR) is 45.3 cm³/mol. The highest BCUT2D eigenvalue weighted by Crippen LogP contribution is 1.83. The lowest BCUT2D eigenvalue weighted by Gasteiger charge is -2.02. The molecule has 1 aromatic rings. The Morgan fingerprint density at radius 2 is 2.29 bits per heavy atom. The van der Waals surface area contributed by atoms with Gasteiger partial charge < -0.3 is 5.32 Å². The van der Waals surface area contributed by atoms with Gasteiger partial charge in [0.05, 0.1) is 6.20 Å². The third-order valence-electron chi connectivity index (χ3n) is 1.56. The number of halogens is 1. The van der Waals surface area contributed by atoms with Gasteiger partial charge in [-0.2, -0.15) is 4.39 Å². The van der Waals surface area contributed by atoms with E-state index in [4.69, 9.17) is 0 Å². The predicted octanol–water partition coefficient (Wildman–Crippen LogP) is -1.58. The molecule has 7 heteroatoms. The van der Waals surface area contributed by atoms with E-state index in [1.807, 2.05) is 0 Å². The van der Waals surface area contributed by atoms with Gasteiger partial charge in [-0.1, -0.05) is 0 Å². The minimum absolute atomic E-state index is 0.330. The number of aromatic amines is 1. The Morgan fingerprint density at radius 3 is 2.86 bits per heavy atom. The first-order chi connectivity index (χ1) is 6.54. The first-order valence-corrected chi connectivity index (χ1v) is 3.74. The molecule has 0 unspecified atom stereocenters. The molecule has 0 aliphatic rings. The van der Waals surface area contributed by atoms with Crippen LogP contribution in [0, 0.1) is 5.82 Å². The Labute approximate surface area is 77.4 Å². The summed E-state index contributed by atoms with van der Waals surface area (Å²) in [6.07, 6.45) is 0.691. The van der Waals surface area contributed by atoms with Crippen LogP contribution in [0.25, 0.3) is 0 Å². The summed E-state index contributed by atoms with van der Waals surface area (Å²) in [5.41, 5.74) is -1.91. The first kappa shape index (κ1) is 10.2. The molecule has 0 aromatic carbocycles. The second-order valence-electron chi connectivity index (χ2n) is 2.54. The summed E-state index contributed by atoms with van der Waals surface area (Å²) in [5, 5.41) is 2.26. The number of H-pyrrole nitrogens is 1. The van der Waals surface area contributed by atoms with Crippen LogP contribution in [0.15, 0.2) is 15.8 Å². The molecular formula is C7H8FN3O3. The lowest BCUT2D eigenvalue weighted by molar-refractivity contribution is -0.121. The van der Waals surface area contributed by atoms with E-state index in [1.165, 1.54) is 7.05 Å². The number of hydrogen-bond acceptors (Lipinski definition) is 3. The monoisotopic (exact) mass is 201 g/mol. The molecule has 1 amide bonds. The molecule has 0 saturated carbocycles. The number of hydrogen-bond donors (Lipinski definition) is 2. The van der Waals surface area contributed by atoms with E-state index in [-0.39, 0.29) is 6.54 Å². The van der Waals surface area contributed by atoms with Crippen LogP contribution in [0.4, 0.5) is 4.39 Å². The van der Waals surface area contributed by atoms with Gasteiger partial charge in [0.25, 0.3) is 5.56 Å². The van der Waals surface area contributed by atoms with Crippen LogP contribution in [0.2, 0.25) is 0 Å². The number of carbonyl (C=O) groups is 1. The minimum Gasteiger partial charge on any atom is -0.358 e. The average Bonchev–Trinajstić information content (AvgIpc) is 2.14. The smallest absolute Gasteiger partial charge is 0.328 e. The molecule has 0 fully saturated rings. The van der Waals surface area contributed by atoms with Crippen LogP contribution in [-0.4, -0.2) is 22.5 Å². The molecule has 0 bridgehead atoms. The van der Waals surface area contributed by atoms with Gasteiger partial charge in [0.2, 0.25) is 11.7 Å². The van der Waals surface area contributed by atoms with E-state index in [0.717, 1.165) is 4.57 Å². The van der Waals surface area contributed by atoms with E-state index in [9.17, 15) is 18.8 Å². The Bertz CT molecular complexity index is 462. The van der Waals surface area contributed by atoms with Gasteiger partial charge in [0.1, 0.15) is 6.54 Å². The van der Waals surface area contributed by atoms with Gasteiger partial charge in [-0.15, -0.1) is 0 Å². The van der Waals surface area contributed by atoms with Crippen LogP contribution < -0.4 is 16.6 Å². The van der Waals surface area contributed by atoms with E-state index < -0.39 is 23.0 Å². The molecule has 2 N–H and O–H groups in total. The molecule has 14 heavy (non-hydrogen) atoms. The van der Waals surface area contributed by atoms with Gasteiger partial charge in [-0.05, 0) is 0 Å². The van der Waals surface area contributed by atoms with Crippen molar-refractivity contribution in [3.05, 3.63) is 32.9 Å². The fourth-order valence-electron chi connectivity index (χ4n) is 0.834. The lowest BCUT2D eigenvalue weighted by atomic mass is 10.5. The van der Waals surface area contributed by atoms with Crippen LogP contribution >= 0.6 is 0 Å². The average molecular weight is 201 g/mol. The molecule has 0 atom stereocenters. The topological polar surface area (TPSA) is 84.0 Å². The standard InChI is InChI=1S/C7H8FN3O3/c1-9-5(12)3-11-2-4(8)6(13)10-7(11)14/h2H,3H2,1H3,(H,9,12)(H,10,13,14). The molecule has 0 saturated heterocycles. The summed E-state index contributed by atoms with van der Waals surface area (Å²) < 4.78 is 13.5. The summed E-state index contributed by atoms with van der Waals surface area (Å²) >= 11 is 0. The molecule has 1 rings (SSSR count). The molecule has 6 nitrogen and oxygen atoms in total. The maximum absolute atomic E-state index is 12.7. The second-order valence-corrected chi connectivity index (χ2v) is 2.54. The molecule has 0 spiro atoms. The highest BCUT2D eigenvalue weighted by Gasteiger charge is 2.06. The van der Waals surface area contributed by atoms with Crippen molar-refractivity contribution in [1.29, 1.82) is 0 Å². The van der Waals surface area contributed by atoms with E-state index in [1.54, 1.807) is 4.98 Å². The number of aromatic nitrogens is 2. The summed E-state index contributed by atoms with van der Waals surface area (Å²) in [4.78, 5) is 34.2. The fourth-order valence-corrected chi connectivity index (χ4v) is 0.834. The zero-order valence-electron chi connectivity index (χ0n) is 7.33. The second kappa shape index (κ2) is 3.86. The largest absolute Gasteiger partial charge is 0.358 e. The molecule has 1 aromatic heterocycles. The Morgan fingerprint density at radius 1 is 1.64 bits per heavy atom. The van der Waals surface area contributed by atoms with Crippen molar-refractivity contribution in [2.75, 3.05) is 7.05 Å². The van der Waals surface area contributed by atoms with Crippen LogP contribution in [0.3, 0.4) is 0 Å². The van der Waals surface area contributed by atoms with Crippen molar-refractivity contribution < 1.29 is 9.18 Å². The SMILES string of the molecule is CNC(=O)Cn1cc(F)c(=O)[nH]c1=O. The summed E-state index contributed by atoms with van der Waals surface area (Å²) in [7, 11) is 1.38. The highest BCUT2D eigenvalue weighted by molar-refractivity contribution is 5.75. The number of rotatable bonds is 2. The Kier molecular flexibility index (Phi) is 2.80. The third kappa shape index (κ3) is 2.06. The van der Waals surface area contributed by atoms with Gasteiger partial charge in [-0.3, -0.25) is 19.1 Å². The first-order valence-electron chi connectivity index (χ1n) is 3.74. The fraction of sp³-hybridized carbons (Fsp3) is 0.286. The van der Waals surface area contributed by atoms with Gasteiger partial charge >= 0.3 is 5.69 Å². The van der Waals surface area contributed by atoms with Crippen LogP contribution in [0.5, 0.6) is 0 Å². The van der Waals surface area contributed by atoms with Crippen LogP contribution in [-0.2, 0) is 11.3 Å². The maximum atomic E-state index is 12.7. The number of nitrogens with one attached hydrogen (secondary N) is 2. The molecule has 0 aliphatic carbocycles. The van der Waals surface area contributed by atoms with Crippen LogP contribution in [0.1, 0.15) is 0 Å². The zero-order chi connectivity index (χ0) is 10.7. The van der Waals surface area contributed by atoms with E-state index >= 15 is 0 Å². The van der Waals surface area contributed by atoms with Gasteiger partial charge in [0, 0.05) is 7.05 Å². The minimum atomic E-state index is -1.10. The Hall–Kier alpha value is -1.92.